The van der Waals surface area contributed by atoms with Crippen molar-refractivity contribution in [3.63, 3.8) is 0 Å². The predicted octanol–water partition coefficient (Wildman–Crippen LogP) is 3.36. The Morgan fingerprint density at radius 1 is 1.20 bits per heavy atom. The third-order valence-corrected chi connectivity index (χ3v) is 5.65. The summed E-state index contributed by atoms with van der Waals surface area (Å²) < 4.78 is 0. The molecule has 0 radical (unpaired) electrons. The fourth-order valence-corrected chi connectivity index (χ4v) is 3.79. The van der Waals surface area contributed by atoms with Crippen LogP contribution in [0.3, 0.4) is 0 Å². The van der Waals surface area contributed by atoms with Crippen LogP contribution in [0.25, 0.3) is 11.1 Å². The monoisotopic (exact) mass is 449 g/mol. The van der Waals surface area contributed by atoms with E-state index in [2.05, 4.69) is 10.3 Å². The molecule has 1 fully saturated rings. The number of carbonyl (C=O) groups is 1. The SMILES string of the molecule is O=C(CN1CCC(O)CC1)NCCN=Cc1cccc(-c2cc(Cl)ccc2O)c1Cl. The number of aliphatic hydroxyl groups excluding tert-OH is 1. The van der Waals surface area contributed by atoms with E-state index >= 15 is 0 Å². The first kappa shape index (κ1) is 22.6. The van der Waals surface area contributed by atoms with Crippen molar-refractivity contribution >= 4 is 35.3 Å². The molecule has 2 aromatic carbocycles. The average Bonchev–Trinajstić information content (AvgIpc) is 2.72. The summed E-state index contributed by atoms with van der Waals surface area (Å²) in [5.74, 6) is 0.0550. The molecule has 2 aromatic rings. The number of hydrogen-bond acceptors (Lipinski definition) is 5. The van der Waals surface area contributed by atoms with Crippen LogP contribution in [0.1, 0.15) is 18.4 Å². The lowest BCUT2D eigenvalue weighted by atomic mass is 10.0. The zero-order valence-corrected chi connectivity index (χ0v) is 18.0. The van der Waals surface area contributed by atoms with Gasteiger partial charge in [0.15, 0.2) is 0 Å². The number of phenolic OH excluding ortho intramolecular Hbond substituents is 1. The standard InChI is InChI=1S/C22H25Cl2N3O3/c23-16-4-5-20(29)19(12-16)18-3-1-2-15(22(18)24)13-25-8-9-26-21(30)14-27-10-6-17(28)7-11-27/h1-5,12-13,17,28-29H,6-11,14H2,(H,26,30). The van der Waals surface area contributed by atoms with Gasteiger partial charge in [0.05, 0.1) is 24.2 Å². The lowest BCUT2D eigenvalue weighted by Gasteiger charge is -2.28. The number of halogens is 2. The highest BCUT2D eigenvalue weighted by Gasteiger charge is 2.18. The summed E-state index contributed by atoms with van der Waals surface area (Å²) in [4.78, 5) is 18.4. The number of carbonyl (C=O) groups excluding carboxylic acids is 1. The summed E-state index contributed by atoms with van der Waals surface area (Å²) in [6.07, 6.45) is 2.84. The van der Waals surface area contributed by atoms with E-state index in [0.717, 1.165) is 13.1 Å². The van der Waals surface area contributed by atoms with E-state index in [9.17, 15) is 15.0 Å². The van der Waals surface area contributed by atoms with Crippen molar-refractivity contribution in [3.8, 4) is 16.9 Å². The van der Waals surface area contributed by atoms with Crippen molar-refractivity contribution in [1.82, 2.24) is 10.2 Å². The molecule has 0 atom stereocenters. The van der Waals surface area contributed by atoms with Crippen LogP contribution in [0, 0.1) is 0 Å². The molecule has 1 aliphatic rings. The fourth-order valence-electron chi connectivity index (χ4n) is 3.34. The van der Waals surface area contributed by atoms with E-state index < -0.39 is 0 Å². The zero-order valence-electron chi connectivity index (χ0n) is 16.5. The van der Waals surface area contributed by atoms with Crippen LogP contribution in [0.2, 0.25) is 10.0 Å². The molecule has 0 aromatic heterocycles. The van der Waals surface area contributed by atoms with Gasteiger partial charge in [0, 0.05) is 47.6 Å². The van der Waals surface area contributed by atoms with Gasteiger partial charge in [-0.05, 0) is 31.0 Å². The molecule has 1 heterocycles. The molecule has 0 spiro atoms. The Morgan fingerprint density at radius 2 is 1.97 bits per heavy atom. The summed E-state index contributed by atoms with van der Waals surface area (Å²) in [5, 5.41) is 23.5. The fraction of sp³-hybridized carbons (Fsp3) is 0.364. The van der Waals surface area contributed by atoms with E-state index in [1.807, 2.05) is 23.1 Å². The molecule has 0 saturated carbocycles. The molecule has 30 heavy (non-hydrogen) atoms. The normalized spacial score (nSPS) is 15.6. The first-order valence-electron chi connectivity index (χ1n) is 9.88. The molecule has 1 saturated heterocycles. The van der Waals surface area contributed by atoms with Gasteiger partial charge in [-0.3, -0.25) is 14.7 Å². The number of amides is 1. The molecule has 160 valence electrons. The van der Waals surface area contributed by atoms with Crippen molar-refractivity contribution in [1.29, 1.82) is 0 Å². The predicted molar refractivity (Wildman–Crippen MR) is 121 cm³/mol. The maximum absolute atomic E-state index is 12.0. The number of benzene rings is 2. The van der Waals surface area contributed by atoms with Gasteiger partial charge < -0.3 is 15.5 Å². The van der Waals surface area contributed by atoms with Crippen molar-refractivity contribution in [3.05, 3.63) is 52.0 Å². The first-order chi connectivity index (χ1) is 14.4. The summed E-state index contributed by atoms with van der Waals surface area (Å²) >= 11 is 12.6. The smallest absolute Gasteiger partial charge is 0.234 e. The van der Waals surface area contributed by atoms with Gasteiger partial charge in [0.1, 0.15) is 5.75 Å². The number of aliphatic hydroxyl groups is 1. The van der Waals surface area contributed by atoms with Crippen LogP contribution in [0.15, 0.2) is 41.4 Å². The van der Waals surface area contributed by atoms with Crippen LogP contribution in [0.4, 0.5) is 0 Å². The number of nitrogens with one attached hydrogen (secondary N) is 1. The van der Waals surface area contributed by atoms with E-state index in [4.69, 9.17) is 23.2 Å². The van der Waals surface area contributed by atoms with Crippen molar-refractivity contribution in [2.75, 3.05) is 32.7 Å². The highest BCUT2D eigenvalue weighted by atomic mass is 35.5. The summed E-state index contributed by atoms with van der Waals surface area (Å²) in [6.45, 7) is 2.67. The van der Waals surface area contributed by atoms with E-state index in [1.165, 1.54) is 6.07 Å². The molecule has 8 heteroatoms. The number of aliphatic imine (C=N–C) groups is 1. The second-order valence-electron chi connectivity index (χ2n) is 7.26. The molecule has 3 N–H and O–H groups in total. The minimum Gasteiger partial charge on any atom is -0.507 e. The lowest BCUT2D eigenvalue weighted by Crippen LogP contribution is -2.43. The molecular formula is C22H25Cl2N3O3. The van der Waals surface area contributed by atoms with Crippen molar-refractivity contribution in [2.45, 2.75) is 18.9 Å². The zero-order chi connectivity index (χ0) is 21.5. The third kappa shape index (κ3) is 6.19. The molecule has 3 rings (SSSR count). The van der Waals surface area contributed by atoms with Crippen LogP contribution >= 0.6 is 23.2 Å². The molecule has 1 aliphatic heterocycles. The van der Waals surface area contributed by atoms with Crippen LogP contribution in [-0.2, 0) is 4.79 Å². The summed E-state index contributed by atoms with van der Waals surface area (Å²) in [7, 11) is 0. The van der Waals surface area contributed by atoms with E-state index in [0.29, 0.717) is 59.2 Å². The Bertz CT molecular complexity index is 912. The topological polar surface area (TPSA) is 85.2 Å². The Labute approximate surface area is 186 Å². The number of rotatable bonds is 7. The number of phenols is 1. The molecule has 0 unspecified atom stereocenters. The minimum atomic E-state index is -0.244. The number of piperidine rings is 1. The second kappa shape index (κ2) is 10.8. The number of likely N-dealkylation sites (tertiary alicyclic amines) is 1. The molecular weight excluding hydrogens is 425 g/mol. The van der Waals surface area contributed by atoms with Gasteiger partial charge in [-0.15, -0.1) is 0 Å². The van der Waals surface area contributed by atoms with Gasteiger partial charge in [0.25, 0.3) is 0 Å². The van der Waals surface area contributed by atoms with Gasteiger partial charge >= 0.3 is 0 Å². The van der Waals surface area contributed by atoms with Crippen LogP contribution < -0.4 is 5.32 Å². The quantitative estimate of drug-likeness (QED) is 0.446. The molecule has 0 aliphatic carbocycles. The highest BCUT2D eigenvalue weighted by Crippen LogP contribution is 2.37. The molecule has 0 bridgehead atoms. The first-order valence-corrected chi connectivity index (χ1v) is 10.6. The molecule has 6 nitrogen and oxygen atoms in total. The van der Waals surface area contributed by atoms with Gasteiger partial charge in [-0.2, -0.15) is 0 Å². The minimum absolute atomic E-state index is 0.0435. The Kier molecular flexibility index (Phi) is 8.10. The van der Waals surface area contributed by atoms with Crippen LogP contribution in [0.5, 0.6) is 5.75 Å². The largest absolute Gasteiger partial charge is 0.507 e. The number of hydrogen-bond donors (Lipinski definition) is 3. The number of aromatic hydroxyl groups is 1. The van der Waals surface area contributed by atoms with Crippen molar-refractivity contribution in [2.24, 2.45) is 4.99 Å². The Hall–Kier alpha value is -2.12. The second-order valence-corrected chi connectivity index (χ2v) is 8.08. The number of nitrogens with zero attached hydrogens (tertiary/aromatic N) is 2. The Morgan fingerprint density at radius 3 is 2.73 bits per heavy atom. The molecule has 1 amide bonds. The van der Waals surface area contributed by atoms with Gasteiger partial charge in [-0.25, -0.2) is 0 Å². The lowest BCUT2D eigenvalue weighted by molar-refractivity contribution is -0.122. The van der Waals surface area contributed by atoms with Gasteiger partial charge in [0.2, 0.25) is 5.91 Å². The average molecular weight is 450 g/mol. The maximum atomic E-state index is 12.0. The summed E-state index contributed by atoms with van der Waals surface area (Å²) in [6, 6.07) is 10.3. The van der Waals surface area contributed by atoms with Crippen molar-refractivity contribution < 1.29 is 15.0 Å². The Balaban J connectivity index is 1.52. The van der Waals surface area contributed by atoms with Gasteiger partial charge in [-0.1, -0.05) is 41.4 Å². The highest BCUT2D eigenvalue weighted by molar-refractivity contribution is 6.36. The maximum Gasteiger partial charge on any atom is 0.234 e. The summed E-state index contributed by atoms with van der Waals surface area (Å²) in [5.41, 5.74) is 1.94. The third-order valence-electron chi connectivity index (χ3n) is 5.00. The van der Waals surface area contributed by atoms with E-state index in [1.54, 1.807) is 18.3 Å². The van der Waals surface area contributed by atoms with Crippen LogP contribution in [-0.4, -0.2) is 66.1 Å². The van der Waals surface area contributed by atoms with E-state index in [-0.39, 0.29) is 17.8 Å².